The van der Waals surface area contributed by atoms with Crippen molar-refractivity contribution >= 4 is 5.91 Å². The van der Waals surface area contributed by atoms with Crippen LogP contribution in [0.2, 0.25) is 0 Å². The zero-order valence-corrected chi connectivity index (χ0v) is 20.8. The summed E-state index contributed by atoms with van der Waals surface area (Å²) < 4.78 is 0. The molecule has 3 nitrogen and oxygen atoms in total. The van der Waals surface area contributed by atoms with Gasteiger partial charge in [-0.1, -0.05) is 126 Å². The van der Waals surface area contributed by atoms with Crippen LogP contribution in [0.25, 0.3) is 0 Å². The second-order valence-corrected chi connectivity index (χ2v) is 8.26. The van der Waals surface area contributed by atoms with E-state index in [9.17, 15) is 9.90 Å². The van der Waals surface area contributed by atoms with Gasteiger partial charge in [0.05, 0.1) is 5.60 Å². The molecule has 0 aliphatic heterocycles. The first-order valence-electron chi connectivity index (χ1n) is 12.6. The largest absolute Gasteiger partial charge is 0.388 e. The Morgan fingerprint density at radius 2 is 1.22 bits per heavy atom. The van der Waals surface area contributed by atoms with E-state index in [4.69, 9.17) is 0 Å². The molecule has 0 aromatic heterocycles. The summed E-state index contributed by atoms with van der Waals surface area (Å²) in [4.78, 5) is 12.1. The monoisotopic (exact) mass is 441 g/mol. The minimum absolute atomic E-state index is 0.157. The molecule has 0 rings (SSSR count). The Labute approximate surface area is 197 Å². The van der Waals surface area contributed by atoms with Gasteiger partial charge in [-0.05, 0) is 32.1 Å². The van der Waals surface area contributed by atoms with Crippen LogP contribution in [0.4, 0.5) is 0 Å². The maximum atomic E-state index is 12.1. The van der Waals surface area contributed by atoms with Gasteiger partial charge in [-0.3, -0.25) is 4.79 Å². The number of hydrogen-bond donors (Lipinski definition) is 2. The number of carbonyl (C=O) groups is 1. The maximum absolute atomic E-state index is 12.1. The topological polar surface area (TPSA) is 49.3 Å². The molecule has 0 bridgehead atoms. The normalized spacial score (nSPS) is 13.2. The lowest BCUT2D eigenvalue weighted by atomic mass is 9.90. The van der Waals surface area contributed by atoms with Crippen molar-refractivity contribution in [2.75, 3.05) is 6.54 Å². The van der Waals surface area contributed by atoms with E-state index in [1.54, 1.807) is 6.08 Å². The van der Waals surface area contributed by atoms with Crippen molar-refractivity contribution in [2.24, 2.45) is 0 Å². The fourth-order valence-corrected chi connectivity index (χ4v) is 3.18. The molecule has 0 saturated carbocycles. The Morgan fingerprint density at radius 3 is 1.72 bits per heavy atom. The van der Waals surface area contributed by atoms with Crippen LogP contribution in [0, 0.1) is 0 Å². The van der Waals surface area contributed by atoms with Gasteiger partial charge in [0.2, 0.25) is 5.91 Å². The van der Waals surface area contributed by atoms with Gasteiger partial charge < -0.3 is 10.4 Å². The molecule has 1 amide bonds. The standard InChI is InChI=1S/C29H47NO2/c1-4-7-10-11-12-13-14-15-16-17-18-19-20-21-24-28(31)30-27-29(32,25-22-8-5-2)26-23-9-6-3/h7,10-14,17-21,24,32H,4-6,8-9,15-16,22-23,25-27H2,1-3H3,(H,30,31). The average molecular weight is 442 g/mol. The van der Waals surface area contributed by atoms with Gasteiger partial charge in [-0.15, -0.1) is 0 Å². The Kier molecular flexibility index (Phi) is 20.6. The molecular weight excluding hydrogens is 394 g/mol. The number of aliphatic hydroxyl groups is 1. The summed E-state index contributed by atoms with van der Waals surface area (Å²) in [6.07, 6.45) is 34.7. The molecule has 0 spiro atoms. The van der Waals surface area contributed by atoms with Gasteiger partial charge in [0.15, 0.2) is 0 Å². The zero-order chi connectivity index (χ0) is 23.8. The Hall–Kier alpha value is -2.13. The third-order valence-corrected chi connectivity index (χ3v) is 5.14. The molecule has 0 aromatic rings. The van der Waals surface area contributed by atoms with Crippen molar-refractivity contribution in [2.45, 2.75) is 97.0 Å². The minimum atomic E-state index is -0.789. The summed E-state index contributed by atoms with van der Waals surface area (Å²) in [5, 5.41) is 13.8. The van der Waals surface area contributed by atoms with Crippen molar-refractivity contribution in [1.29, 1.82) is 0 Å². The van der Waals surface area contributed by atoms with Crippen LogP contribution < -0.4 is 5.32 Å². The van der Waals surface area contributed by atoms with E-state index in [2.05, 4.69) is 56.5 Å². The van der Waals surface area contributed by atoms with Crippen molar-refractivity contribution in [1.82, 2.24) is 5.32 Å². The average Bonchev–Trinajstić information content (AvgIpc) is 2.78. The predicted molar refractivity (Wildman–Crippen MR) is 141 cm³/mol. The van der Waals surface area contributed by atoms with Crippen molar-refractivity contribution in [3.63, 3.8) is 0 Å². The predicted octanol–water partition coefficient (Wildman–Crippen LogP) is 7.52. The quantitative estimate of drug-likeness (QED) is 0.124. The zero-order valence-electron chi connectivity index (χ0n) is 20.8. The van der Waals surface area contributed by atoms with E-state index in [1.165, 1.54) is 6.08 Å². The molecule has 0 atom stereocenters. The van der Waals surface area contributed by atoms with E-state index in [0.717, 1.165) is 70.6 Å². The van der Waals surface area contributed by atoms with Crippen LogP contribution in [-0.4, -0.2) is 23.2 Å². The lowest BCUT2D eigenvalue weighted by Crippen LogP contribution is -2.42. The molecule has 32 heavy (non-hydrogen) atoms. The number of carbonyl (C=O) groups excluding carboxylic acids is 1. The van der Waals surface area contributed by atoms with Crippen LogP contribution >= 0.6 is 0 Å². The van der Waals surface area contributed by atoms with Crippen molar-refractivity contribution < 1.29 is 9.90 Å². The molecule has 3 heteroatoms. The third-order valence-electron chi connectivity index (χ3n) is 5.14. The Bertz CT molecular complexity index is 613. The minimum Gasteiger partial charge on any atom is -0.388 e. The maximum Gasteiger partial charge on any atom is 0.244 e. The first-order valence-corrected chi connectivity index (χ1v) is 12.6. The second-order valence-electron chi connectivity index (χ2n) is 8.26. The number of hydrogen-bond acceptors (Lipinski definition) is 2. The van der Waals surface area contributed by atoms with Crippen LogP contribution in [0.1, 0.15) is 91.4 Å². The summed E-state index contributed by atoms with van der Waals surface area (Å²) in [6, 6.07) is 0. The van der Waals surface area contributed by atoms with Gasteiger partial charge >= 0.3 is 0 Å². The Balaban J connectivity index is 4.20. The van der Waals surface area contributed by atoms with Crippen molar-refractivity contribution in [3.05, 3.63) is 72.9 Å². The van der Waals surface area contributed by atoms with E-state index < -0.39 is 5.60 Å². The summed E-state index contributed by atoms with van der Waals surface area (Å²) >= 11 is 0. The molecule has 180 valence electrons. The fourth-order valence-electron chi connectivity index (χ4n) is 3.18. The fraction of sp³-hybridized carbons (Fsp3) is 0.552. The van der Waals surface area contributed by atoms with Crippen LogP contribution in [0.5, 0.6) is 0 Å². The highest BCUT2D eigenvalue weighted by Crippen LogP contribution is 2.22. The van der Waals surface area contributed by atoms with Gasteiger partial charge in [0.1, 0.15) is 0 Å². The number of nitrogens with one attached hydrogen (secondary N) is 1. The Morgan fingerprint density at radius 1 is 0.719 bits per heavy atom. The molecule has 0 aromatic carbocycles. The van der Waals surface area contributed by atoms with Crippen LogP contribution in [-0.2, 0) is 4.79 Å². The first-order chi connectivity index (χ1) is 15.6. The molecular formula is C29H47NO2. The highest BCUT2D eigenvalue weighted by molar-refractivity contribution is 5.87. The molecule has 0 radical (unpaired) electrons. The number of unbranched alkanes of at least 4 members (excludes halogenated alkanes) is 5. The molecule has 2 N–H and O–H groups in total. The van der Waals surface area contributed by atoms with E-state index in [1.807, 2.05) is 30.4 Å². The molecule has 0 heterocycles. The van der Waals surface area contributed by atoms with Crippen LogP contribution in [0.3, 0.4) is 0 Å². The molecule has 0 saturated heterocycles. The van der Waals surface area contributed by atoms with E-state index in [0.29, 0.717) is 6.54 Å². The molecule has 0 aliphatic rings. The SMILES string of the molecule is CCC=CC=CC=CCCC=CC=CC=CC(=O)NCC(O)(CCCCC)CCCCC. The summed E-state index contributed by atoms with van der Waals surface area (Å²) in [7, 11) is 0. The lowest BCUT2D eigenvalue weighted by molar-refractivity contribution is -0.118. The summed E-state index contributed by atoms with van der Waals surface area (Å²) in [6.45, 7) is 6.77. The van der Waals surface area contributed by atoms with Gasteiger partial charge in [-0.2, -0.15) is 0 Å². The smallest absolute Gasteiger partial charge is 0.244 e. The van der Waals surface area contributed by atoms with Crippen LogP contribution in [0.15, 0.2) is 72.9 Å². The second kappa shape index (κ2) is 22.1. The molecule has 0 fully saturated rings. The van der Waals surface area contributed by atoms with Gasteiger partial charge in [0, 0.05) is 12.6 Å². The van der Waals surface area contributed by atoms with Gasteiger partial charge in [-0.25, -0.2) is 0 Å². The highest BCUT2D eigenvalue weighted by Gasteiger charge is 2.26. The molecule has 0 unspecified atom stereocenters. The number of allylic oxidation sites excluding steroid dienone is 11. The highest BCUT2D eigenvalue weighted by atomic mass is 16.3. The number of rotatable bonds is 19. The third kappa shape index (κ3) is 19.8. The van der Waals surface area contributed by atoms with E-state index in [-0.39, 0.29) is 5.91 Å². The van der Waals surface area contributed by atoms with E-state index >= 15 is 0 Å². The first kappa shape index (κ1) is 29.9. The summed E-state index contributed by atoms with van der Waals surface area (Å²) in [5.74, 6) is -0.157. The van der Waals surface area contributed by atoms with Crippen molar-refractivity contribution in [3.8, 4) is 0 Å². The summed E-state index contributed by atoms with van der Waals surface area (Å²) in [5.41, 5.74) is -0.789. The number of amides is 1. The lowest BCUT2D eigenvalue weighted by Gasteiger charge is -2.28. The van der Waals surface area contributed by atoms with Gasteiger partial charge in [0.25, 0.3) is 0 Å². The molecule has 0 aliphatic carbocycles.